The Labute approximate surface area is 121 Å². The molecule has 2 unspecified atom stereocenters. The number of carbonyl (C=O) groups is 1. The van der Waals surface area contributed by atoms with Crippen LogP contribution in [0.4, 0.5) is 10.5 Å². The van der Waals surface area contributed by atoms with Crippen molar-refractivity contribution in [3.63, 3.8) is 0 Å². The van der Waals surface area contributed by atoms with Gasteiger partial charge in [-0.15, -0.1) is 0 Å². The molecule has 2 amide bonds. The first-order valence-corrected chi connectivity index (χ1v) is 7.50. The van der Waals surface area contributed by atoms with Gasteiger partial charge in [0, 0.05) is 30.9 Å². The van der Waals surface area contributed by atoms with Gasteiger partial charge in [0.05, 0.1) is 0 Å². The van der Waals surface area contributed by atoms with Crippen LogP contribution in [0, 0.1) is 0 Å². The summed E-state index contributed by atoms with van der Waals surface area (Å²) in [6.07, 6.45) is 2.04. The van der Waals surface area contributed by atoms with Gasteiger partial charge in [-0.2, -0.15) is 0 Å². The van der Waals surface area contributed by atoms with Crippen molar-refractivity contribution in [2.45, 2.75) is 45.7 Å². The highest BCUT2D eigenvalue weighted by Gasteiger charge is 2.23. The van der Waals surface area contributed by atoms with Crippen LogP contribution >= 0.6 is 0 Å². The number of para-hydroxylation sites is 1. The van der Waals surface area contributed by atoms with Gasteiger partial charge in [-0.25, -0.2) is 4.79 Å². The smallest absolute Gasteiger partial charge is 0.315 e. The van der Waals surface area contributed by atoms with Crippen molar-refractivity contribution in [3.05, 3.63) is 29.8 Å². The Kier molecular flexibility index (Phi) is 4.88. The number of urea groups is 1. The van der Waals surface area contributed by atoms with E-state index in [2.05, 4.69) is 53.6 Å². The number of nitrogens with one attached hydrogen (secondary N) is 2. The number of carbonyl (C=O) groups excluding carboxylic acids is 1. The maximum absolute atomic E-state index is 11.7. The maximum atomic E-state index is 11.7. The van der Waals surface area contributed by atoms with Gasteiger partial charge in [0.1, 0.15) is 0 Å². The largest absolute Gasteiger partial charge is 0.366 e. The van der Waals surface area contributed by atoms with Crippen molar-refractivity contribution in [2.24, 2.45) is 0 Å². The lowest BCUT2D eigenvalue weighted by molar-refractivity contribution is 0.237. The summed E-state index contributed by atoms with van der Waals surface area (Å²) in [5.41, 5.74) is 2.72. The SMILES string of the molecule is CCC(C)NC(=O)NCC(C)N1CCc2ccccc21. The van der Waals surface area contributed by atoms with Gasteiger partial charge < -0.3 is 15.5 Å². The average Bonchev–Trinajstić information content (AvgIpc) is 2.88. The zero-order chi connectivity index (χ0) is 14.5. The molecule has 20 heavy (non-hydrogen) atoms. The van der Waals surface area contributed by atoms with Gasteiger partial charge >= 0.3 is 6.03 Å². The summed E-state index contributed by atoms with van der Waals surface area (Å²) < 4.78 is 0. The molecule has 0 fully saturated rings. The molecule has 0 spiro atoms. The number of rotatable bonds is 5. The Balaban J connectivity index is 1.84. The maximum Gasteiger partial charge on any atom is 0.315 e. The van der Waals surface area contributed by atoms with E-state index in [1.165, 1.54) is 11.3 Å². The number of nitrogens with zero attached hydrogens (tertiary/aromatic N) is 1. The normalized spacial score (nSPS) is 16.4. The van der Waals surface area contributed by atoms with Crippen LogP contribution in [0.1, 0.15) is 32.8 Å². The standard InChI is InChI=1S/C16H25N3O/c1-4-12(2)18-16(20)17-11-13(3)19-10-9-14-7-5-6-8-15(14)19/h5-8,12-13H,4,9-11H2,1-3H3,(H2,17,18,20). The van der Waals surface area contributed by atoms with Gasteiger partial charge in [0.25, 0.3) is 0 Å². The molecule has 0 aliphatic carbocycles. The molecular formula is C16H25N3O. The second-order valence-corrected chi connectivity index (χ2v) is 5.58. The summed E-state index contributed by atoms with van der Waals surface area (Å²) in [5, 5.41) is 5.89. The summed E-state index contributed by atoms with van der Waals surface area (Å²) >= 11 is 0. The molecule has 1 aromatic rings. The number of hydrogen-bond donors (Lipinski definition) is 2. The molecule has 2 N–H and O–H groups in total. The molecule has 1 aliphatic heterocycles. The lowest BCUT2D eigenvalue weighted by Crippen LogP contribution is -2.46. The summed E-state index contributed by atoms with van der Waals surface area (Å²) in [4.78, 5) is 14.1. The minimum atomic E-state index is -0.0707. The Morgan fingerprint density at radius 3 is 2.85 bits per heavy atom. The number of amides is 2. The molecule has 1 aliphatic rings. The fraction of sp³-hybridized carbons (Fsp3) is 0.562. The molecule has 0 radical (unpaired) electrons. The van der Waals surface area contributed by atoms with Gasteiger partial charge in [-0.05, 0) is 38.3 Å². The molecule has 1 heterocycles. The summed E-state index contributed by atoms with van der Waals surface area (Å²) in [6, 6.07) is 8.97. The van der Waals surface area contributed by atoms with Gasteiger partial charge in [0.2, 0.25) is 0 Å². The number of anilines is 1. The fourth-order valence-electron chi connectivity index (χ4n) is 2.55. The number of benzene rings is 1. The van der Waals surface area contributed by atoms with Crippen molar-refractivity contribution in [2.75, 3.05) is 18.0 Å². The molecule has 4 heteroatoms. The third-order valence-electron chi connectivity index (χ3n) is 4.00. The van der Waals surface area contributed by atoms with E-state index >= 15 is 0 Å². The summed E-state index contributed by atoms with van der Waals surface area (Å²) in [7, 11) is 0. The van der Waals surface area contributed by atoms with E-state index in [1.807, 2.05) is 6.92 Å². The third-order valence-corrected chi connectivity index (χ3v) is 4.00. The van der Waals surface area contributed by atoms with Gasteiger partial charge in [-0.1, -0.05) is 25.1 Å². The Bertz CT molecular complexity index is 461. The van der Waals surface area contributed by atoms with E-state index in [1.54, 1.807) is 0 Å². The monoisotopic (exact) mass is 275 g/mol. The molecule has 4 nitrogen and oxygen atoms in total. The molecule has 0 aromatic heterocycles. The second-order valence-electron chi connectivity index (χ2n) is 5.58. The zero-order valence-electron chi connectivity index (χ0n) is 12.6. The van der Waals surface area contributed by atoms with E-state index < -0.39 is 0 Å². The number of fused-ring (bicyclic) bond motifs is 1. The van der Waals surface area contributed by atoms with Crippen LogP contribution in [0.2, 0.25) is 0 Å². The first kappa shape index (κ1) is 14.7. The molecule has 0 saturated carbocycles. The van der Waals surface area contributed by atoms with Gasteiger partial charge in [0.15, 0.2) is 0 Å². The van der Waals surface area contributed by atoms with Gasteiger partial charge in [-0.3, -0.25) is 0 Å². The molecule has 0 bridgehead atoms. The Hall–Kier alpha value is -1.71. The van der Waals surface area contributed by atoms with Crippen molar-refractivity contribution >= 4 is 11.7 Å². The highest BCUT2D eigenvalue weighted by molar-refractivity contribution is 5.74. The Morgan fingerprint density at radius 1 is 1.35 bits per heavy atom. The Morgan fingerprint density at radius 2 is 2.10 bits per heavy atom. The summed E-state index contributed by atoms with van der Waals surface area (Å²) in [5.74, 6) is 0. The summed E-state index contributed by atoms with van der Waals surface area (Å²) in [6.45, 7) is 7.94. The quantitative estimate of drug-likeness (QED) is 0.867. The minimum absolute atomic E-state index is 0.0707. The van der Waals surface area contributed by atoms with Crippen LogP contribution in [0.3, 0.4) is 0 Å². The van der Waals surface area contributed by atoms with Crippen molar-refractivity contribution < 1.29 is 4.79 Å². The third kappa shape index (κ3) is 3.44. The predicted molar refractivity (Wildman–Crippen MR) is 83.2 cm³/mol. The fourth-order valence-corrected chi connectivity index (χ4v) is 2.55. The lowest BCUT2D eigenvalue weighted by Gasteiger charge is -2.27. The van der Waals surface area contributed by atoms with Crippen LogP contribution in [0.25, 0.3) is 0 Å². The second kappa shape index (κ2) is 6.64. The molecule has 110 valence electrons. The molecule has 0 saturated heterocycles. The predicted octanol–water partition coefficient (Wildman–Crippen LogP) is 2.54. The van der Waals surface area contributed by atoms with Crippen molar-refractivity contribution in [1.82, 2.24) is 10.6 Å². The molecule has 2 atom stereocenters. The van der Waals surface area contributed by atoms with E-state index in [0.29, 0.717) is 12.6 Å². The lowest BCUT2D eigenvalue weighted by atomic mass is 10.2. The molecular weight excluding hydrogens is 250 g/mol. The van der Waals surface area contributed by atoms with E-state index in [0.717, 1.165) is 19.4 Å². The first-order chi connectivity index (χ1) is 9.61. The van der Waals surface area contributed by atoms with Crippen LogP contribution in [-0.4, -0.2) is 31.2 Å². The van der Waals surface area contributed by atoms with Crippen molar-refractivity contribution in [1.29, 1.82) is 0 Å². The van der Waals surface area contributed by atoms with E-state index in [9.17, 15) is 4.79 Å². The highest BCUT2D eigenvalue weighted by atomic mass is 16.2. The molecule has 1 aromatic carbocycles. The first-order valence-electron chi connectivity index (χ1n) is 7.50. The topological polar surface area (TPSA) is 44.4 Å². The van der Waals surface area contributed by atoms with E-state index in [4.69, 9.17) is 0 Å². The molecule has 2 rings (SSSR count). The van der Waals surface area contributed by atoms with Crippen LogP contribution < -0.4 is 15.5 Å². The number of hydrogen-bond acceptors (Lipinski definition) is 2. The zero-order valence-corrected chi connectivity index (χ0v) is 12.6. The average molecular weight is 275 g/mol. The minimum Gasteiger partial charge on any atom is -0.366 e. The highest BCUT2D eigenvalue weighted by Crippen LogP contribution is 2.28. The van der Waals surface area contributed by atoms with Crippen molar-refractivity contribution in [3.8, 4) is 0 Å². The van der Waals surface area contributed by atoms with Crippen LogP contribution in [-0.2, 0) is 6.42 Å². The van der Waals surface area contributed by atoms with E-state index in [-0.39, 0.29) is 12.1 Å². The van der Waals surface area contributed by atoms with Crippen LogP contribution in [0.5, 0.6) is 0 Å². The van der Waals surface area contributed by atoms with Crippen LogP contribution in [0.15, 0.2) is 24.3 Å².